The SMILES string of the molecule is C=C/C(=C\C(C)=C/C)C(=O)Nc1ccc(N)c(N=N)c1.CC(C)=O.CCCC.CCCC.CCc1ccc(O)cc1. The van der Waals surface area contributed by atoms with E-state index in [0.717, 1.165) is 12.0 Å². The average Bonchev–Trinajstić information content (AvgIpc) is 2.97. The Bertz CT molecular complexity index is 1060. The number of ketones is 1. The topological polar surface area (TPSA) is 129 Å². The highest BCUT2D eigenvalue weighted by atomic mass is 16.3. The number of aryl methyl sites for hydroxylation is 1. The van der Waals surface area contributed by atoms with Gasteiger partial charge >= 0.3 is 0 Å². The number of nitrogen functional groups attached to an aromatic ring is 1. The molecule has 0 atom stereocenters. The number of hydrogen-bond acceptors (Lipinski definition) is 6. The van der Waals surface area contributed by atoms with Crippen molar-refractivity contribution < 1.29 is 14.7 Å². The van der Waals surface area contributed by atoms with E-state index in [9.17, 15) is 9.59 Å². The number of rotatable bonds is 8. The molecule has 0 bridgehead atoms. The van der Waals surface area contributed by atoms with Crippen molar-refractivity contribution in [3.63, 3.8) is 0 Å². The number of carbonyl (C=O) groups excluding carboxylic acids is 2. The lowest BCUT2D eigenvalue weighted by atomic mass is 10.1. The van der Waals surface area contributed by atoms with E-state index < -0.39 is 0 Å². The number of phenols is 1. The number of amides is 1. The van der Waals surface area contributed by atoms with Gasteiger partial charge in [-0.05, 0) is 76.1 Å². The summed E-state index contributed by atoms with van der Waals surface area (Å²) in [7, 11) is 0. The second-order valence-corrected chi connectivity index (χ2v) is 9.10. The minimum Gasteiger partial charge on any atom is -0.508 e. The summed E-state index contributed by atoms with van der Waals surface area (Å²) in [6, 6.07) is 12.1. The highest BCUT2D eigenvalue weighted by Gasteiger charge is 2.08. The summed E-state index contributed by atoms with van der Waals surface area (Å²) in [6.45, 7) is 21.3. The zero-order valence-electron chi connectivity index (χ0n) is 26.8. The molecule has 0 radical (unpaired) electrons. The van der Waals surface area contributed by atoms with E-state index in [0.29, 0.717) is 28.4 Å². The fraction of sp³-hybridized carbons (Fsp3) is 0.412. The van der Waals surface area contributed by atoms with E-state index >= 15 is 0 Å². The van der Waals surface area contributed by atoms with Crippen molar-refractivity contribution in [2.75, 3.05) is 11.1 Å². The van der Waals surface area contributed by atoms with Gasteiger partial charge in [-0.25, -0.2) is 5.53 Å². The molecule has 0 aliphatic carbocycles. The molecule has 0 aromatic heterocycles. The van der Waals surface area contributed by atoms with E-state index in [-0.39, 0.29) is 11.7 Å². The molecule has 2 aromatic rings. The number of carbonyl (C=O) groups is 2. The maximum absolute atomic E-state index is 12.1. The Morgan fingerprint density at radius 3 is 1.80 bits per heavy atom. The zero-order valence-corrected chi connectivity index (χ0v) is 26.8. The number of anilines is 2. The van der Waals surface area contributed by atoms with Gasteiger partial charge < -0.3 is 21.0 Å². The highest BCUT2D eigenvalue weighted by molar-refractivity contribution is 6.06. The van der Waals surface area contributed by atoms with Crippen LogP contribution in [0.15, 0.2) is 83.5 Å². The molecule has 0 saturated heterocycles. The first-order valence-electron chi connectivity index (χ1n) is 14.2. The summed E-state index contributed by atoms with van der Waals surface area (Å²) in [5.74, 6) is 0.231. The van der Waals surface area contributed by atoms with E-state index in [2.05, 4.69) is 51.6 Å². The zero-order chi connectivity index (χ0) is 32.2. The van der Waals surface area contributed by atoms with E-state index in [1.165, 1.54) is 51.2 Å². The average molecular weight is 567 g/mol. The van der Waals surface area contributed by atoms with Gasteiger partial charge in [-0.2, -0.15) is 5.11 Å². The van der Waals surface area contributed by atoms with Crippen LogP contribution in [0.1, 0.15) is 93.6 Å². The molecule has 1 amide bonds. The molecule has 7 nitrogen and oxygen atoms in total. The van der Waals surface area contributed by atoms with Crippen molar-refractivity contribution in [3.05, 3.63) is 84.0 Å². The molecular weight excluding hydrogens is 512 g/mol. The van der Waals surface area contributed by atoms with Gasteiger partial charge in [-0.1, -0.05) is 96.7 Å². The molecule has 2 rings (SSSR count). The standard InChI is InChI=1S/C15H18N4O.C8H10O.2C4H10.C3H6O/c1-4-10(3)8-11(5-2)15(20)18-12-6-7-13(16)14(9-12)19-17;1-2-7-3-5-8(9)6-4-7;2*1-3-4-2;1-3(2)4/h4-9,17H,2,16H2,1,3H3,(H,18,20);3-6,9H,2H2,1H3;2*3-4H2,1-2H3;1-2H3/b10-4-,11-8+,19-17?;;;;. The Labute approximate surface area is 249 Å². The first-order chi connectivity index (χ1) is 19.4. The molecule has 228 valence electrons. The number of hydrogen-bond donors (Lipinski definition) is 4. The summed E-state index contributed by atoms with van der Waals surface area (Å²) in [5, 5.41) is 14.9. The van der Waals surface area contributed by atoms with Crippen molar-refractivity contribution in [1.29, 1.82) is 5.53 Å². The quantitative estimate of drug-likeness (QED) is 0.110. The summed E-state index contributed by atoms with van der Waals surface area (Å²) in [5.41, 5.74) is 16.6. The van der Waals surface area contributed by atoms with Crippen molar-refractivity contribution in [2.45, 2.75) is 94.4 Å². The maximum atomic E-state index is 12.1. The minimum atomic E-state index is -0.276. The van der Waals surface area contributed by atoms with E-state index in [1.54, 1.807) is 36.4 Å². The van der Waals surface area contributed by atoms with Crippen LogP contribution in [0.25, 0.3) is 0 Å². The third-order valence-corrected chi connectivity index (χ3v) is 5.07. The number of phenolic OH excluding ortho intramolecular Hbond substituents is 1. The first kappa shape index (κ1) is 41.5. The Hall–Kier alpha value is -4.00. The van der Waals surface area contributed by atoms with Gasteiger partial charge in [0, 0.05) is 11.3 Å². The lowest BCUT2D eigenvalue weighted by Crippen LogP contribution is -2.13. The van der Waals surface area contributed by atoms with Crippen molar-refractivity contribution in [1.82, 2.24) is 0 Å². The third kappa shape index (κ3) is 24.8. The number of nitrogens with zero attached hydrogens (tertiary/aromatic N) is 1. The molecular formula is C34H54N4O3. The monoisotopic (exact) mass is 566 g/mol. The van der Waals surface area contributed by atoms with Gasteiger partial charge in [-0.15, -0.1) is 0 Å². The largest absolute Gasteiger partial charge is 0.508 e. The smallest absolute Gasteiger partial charge is 0.255 e. The number of nitrogens with two attached hydrogens (primary N) is 1. The van der Waals surface area contributed by atoms with Crippen LogP contribution in [0, 0.1) is 5.53 Å². The van der Waals surface area contributed by atoms with E-state index in [1.807, 2.05) is 32.1 Å². The number of benzene rings is 2. The lowest BCUT2D eigenvalue weighted by Gasteiger charge is -2.07. The summed E-state index contributed by atoms with van der Waals surface area (Å²) in [4.78, 5) is 21.5. The number of unbranched alkanes of at least 4 members (excludes halogenated alkanes) is 2. The Morgan fingerprint density at radius 2 is 1.44 bits per heavy atom. The van der Waals surface area contributed by atoms with Crippen LogP contribution >= 0.6 is 0 Å². The Kier molecular flexibility index (Phi) is 27.9. The van der Waals surface area contributed by atoms with Gasteiger partial charge in [0.25, 0.3) is 5.91 Å². The van der Waals surface area contributed by atoms with Crippen molar-refractivity contribution >= 4 is 28.8 Å². The fourth-order valence-electron chi connectivity index (χ4n) is 2.20. The second kappa shape index (κ2) is 27.6. The third-order valence-electron chi connectivity index (χ3n) is 5.07. The van der Waals surface area contributed by atoms with Crippen LogP contribution < -0.4 is 11.1 Å². The van der Waals surface area contributed by atoms with Crippen molar-refractivity contribution in [2.24, 2.45) is 5.11 Å². The van der Waals surface area contributed by atoms with Gasteiger partial charge in [0.15, 0.2) is 0 Å². The molecule has 0 aliphatic rings. The molecule has 41 heavy (non-hydrogen) atoms. The second-order valence-electron chi connectivity index (χ2n) is 9.10. The molecule has 7 heteroatoms. The number of nitrogens with one attached hydrogen (secondary N) is 2. The minimum absolute atomic E-state index is 0.167. The fourth-order valence-corrected chi connectivity index (χ4v) is 2.20. The molecule has 0 unspecified atom stereocenters. The Balaban J connectivity index is -0.000000561. The van der Waals surface area contributed by atoms with Crippen LogP contribution in [-0.4, -0.2) is 16.8 Å². The number of allylic oxidation sites excluding steroid dienone is 3. The van der Waals surface area contributed by atoms with E-state index in [4.69, 9.17) is 16.4 Å². The summed E-state index contributed by atoms with van der Waals surface area (Å²) < 4.78 is 0. The summed E-state index contributed by atoms with van der Waals surface area (Å²) >= 11 is 0. The van der Waals surface area contributed by atoms with Crippen LogP contribution in [-0.2, 0) is 16.0 Å². The Morgan fingerprint density at radius 1 is 0.951 bits per heavy atom. The normalized spacial score (nSPS) is 9.98. The molecule has 0 heterocycles. The number of Topliss-reactive ketones (excluding diaryl/α,β-unsaturated/α-hetero) is 1. The highest BCUT2D eigenvalue weighted by Crippen LogP contribution is 2.25. The predicted molar refractivity (Wildman–Crippen MR) is 177 cm³/mol. The van der Waals surface area contributed by atoms with Gasteiger partial charge in [0.05, 0.1) is 5.69 Å². The predicted octanol–water partition coefficient (Wildman–Crippen LogP) is 10.1. The summed E-state index contributed by atoms with van der Waals surface area (Å²) in [6.07, 6.45) is 11.4. The maximum Gasteiger partial charge on any atom is 0.255 e. The molecule has 2 aromatic carbocycles. The first-order valence-corrected chi connectivity index (χ1v) is 14.2. The van der Waals surface area contributed by atoms with Crippen LogP contribution in [0.2, 0.25) is 0 Å². The van der Waals surface area contributed by atoms with Crippen molar-refractivity contribution in [3.8, 4) is 5.75 Å². The van der Waals surface area contributed by atoms with Gasteiger partial charge in [-0.3, -0.25) is 4.79 Å². The van der Waals surface area contributed by atoms with Crippen LogP contribution in [0.3, 0.4) is 0 Å². The molecule has 0 fully saturated rings. The van der Waals surface area contributed by atoms with Gasteiger partial charge in [0.2, 0.25) is 0 Å². The molecule has 0 saturated carbocycles. The molecule has 0 spiro atoms. The molecule has 5 N–H and O–H groups in total. The van der Waals surface area contributed by atoms with Crippen LogP contribution in [0.4, 0.5) is 17.1 Å². The molecule has 0 aliphatic heterocycles. The van der Waals surface area contributed by atoms with Gasteiger partial charge in [0.1, 0.15) is 17.2 Å². The van der Waals surface area contributed by atoms with Crippen LogP contribution in [0.5, 0.6) is 5.75 Å². The number of aromatic hydroxyl groups is 1. The lowest BCUT2D eigenvalue weighted by molar-refractivity contribution is -0.115.